The third kappa shape index (κ3) is 9.15. The van der Waals surface area contributed by atoms with Crippen molar-refractivity contribution in [1.29, 1.82) is 0 Å². The van der Waals surface area contributed by atoms with Gasteiger partial charge in [0.25, 0.3) is 0 Å². The lowest BCUT2D eigenvalue weighted by molar-refractivity contribution is 0.00686. The maximum Gasteiger partial charge on any atom is 0.410 e. The molecule has 1 fully saturated rings. The summed E-state index contributed by atoms with van der Waals surface area (Å²) < 4.78 is 24.5. The fourth-order valence-corrected chi connectivity index (χ4v) is 6.22. The van der Waals surface area contributed by atoms with E-state index in [1.54, 1.807) is 29.8 Å². The van der Waals surface area contributed by atoms with Gasteiger partial charge < -0.3 is 33.9 Å². The van der Waals surface area contributed by atoms with Gasteiger partial charge in [-0.05, 0) is 87.8 Å². The number of aliphatic hydroxyl groups is 1. The van der Waals surface area contributed by atoms with E-state index in [0.717, 1.165) is 41.9 Å². The van der Waals surface area contributed by atoms with Crippen molar-refractivity contribution in [2.75, 3.05) is 32.2 Å². The van der Waals surface area contributed by atoms with Crippen molar-refractivity contribution in [2.24, 2.45) is 5.92 Å². The molecule has 0 saturated carbocycles. The smallest absolute Gasteiger partial charge is 0.410 e. The summed E-state index contributed by atoms with van der Waals surface area (Å²) >= 11 is 0. The van der Waals surface area contributed by atoms with Crippen LogP contribution in [0.15, 0.2) is 54.7 Å². The molecule has 12 heteroatoms. The van der Waals surface area contributed by atoms with Crippen LogP contribution in [0.4, 0.5) is 10.6 Å². The lowest BCUT2D eigenvalue weighted by atomic mass is 9.90. The SMILES string of the molecule is CCC[C@H](CC)Oc1nc(N(Cc2ccc(OC)cc2)Cc2ccc(OC)cc2)c2ncc(C(O)C3CCN(C(=O)OC(C)(C)C)CC3)n2n1. The predicted octanol–water partition coefficient (Wildman–Crippen LogP) is 6.99. The fourth-order valence-electron chi connectivity index (χ4n) is 6.22. The Morgan fingerprint density at radius 3 is 2.04 bits per heavy atom. The quantitative estimate of drug-likeness (QED) is 0.148. The van der Waals surface area contributed by atoms with E-state index in [-0.39, 0.29) is 24.1 Å². The van der Waals surface area contributed by atoms with Crippen molar-refractivity contribution in [3.05, 3.63) is 71.5 Å². The topological polar surface area (TPSA) is 124 Å². The molecule has 0 bridgehead atoms. The Labute approximate surface area is 295 Å². The summed E-state index contributed by atoms with van der Waals surface area (Å²) in [5.74, 6) is 2.04. The number of aliphatic hydroxyl groups excluding tert-OH is 1. The summed E-state index contributed by atoms with van der Waals surface area (Å²) in [5, 5.41) is 16.6. The van der Waals surface area contributed by atoms with E-state index in [9.17, 15) is 9.90 Å². The Kier molecular flexibility index (Phi) is 12.0. The van der Waals surface area contributed by atoms with Crippen LogP contribution in [0.25, 0.3) is 5.65 Å². The minimum atomic E-state index is -0.865. The molecule has 0 spiro atoms. The number of likely N-dealkylation sites (tertiary alicyclic amines) is 1. The Hall–Kier alpha value is -4.58. The normalized spacial score (nSPS) is 15.1. The van der Waals surface area contributed by atoms with Gasteiger partial charge >= 0.3 is 12.1 Å². The van der Waals surface area contributed by atoms with Crippen molar-refractivity contribution in [1.82, 2.24) is 24.5 Å². The monoisotopic (exact) mass is 688 g/mol. The number of hydrogen-bond donors (Lipinski definition) is 1. The first-order chi connectivity index (χ1) is 24.0. The minimum Gasteiger partial charge on any atom is -0.497 e. The predicted molar refractivity (Wildman–Crippen MR) is 192 cm³/mol. The van der Waals surface area contributed by atoms with Crippen LogP contribution >= 0.6 is 0 Å². The number of fused-ring (bicyclic) bond motifs is 1. The second-order valence-electron chi connectivity index (χ2n) is 13.9. The minimum absolute atomic E-state index is 0.0593. The molecule has 3 heterocycles. The molecule has 12 nitrogen and oxygen atoms in total. The number of rotatable bonds is 14. The Bertz CT molecular complexity index is 1630. The number of aromatic nitrogens is 4. The number of imidazole rings is 1. The molecule has 0 radical (unpaired) electrons. The van der Waals surface area contributed by atoms with Crippen molar-refractivity contribution >= 4 is 17.6 Å². The van der Waals surface area contributed by atoms with E-state index in [2.05, 4.69) is 18.7 Å². The molecular weight excluding hydrogens is 636 g/mol. The largest absolute Gasteiger partial charge is 0.497 e. The number of carbonyl (C=O) groups excluding carboxylic acids is 1. The van der Waals surface area contributed by atoms with Crippen LogP contribution in [0.3, 0.4) is 0 Å². The first kappa shape index (κ1) is 36.7. The molecule has 2 aromatic carbocycles. The maximum absolute atomic E-state index is 12.7. The Morgan fingerprint density at radius 1 is 0.960 bits per heavy atom. The summed E-state index contributed by atoms with van der Waals surface area (Å²) in [6.45, 7) is 11.8. The van der Waals surface area contributed by atoms with Gasteiger partial charge in [-0.2, -0.15) is 4.98 Å². The van der Waals surface area contributed by atoms with E-state index >= 15 is 0 Å². The third-order valence-electron chi connectivity index (χ3n) is 8.99. The Balaban J connectivity index is 1.52. The van der Waals surface area contributed by atoms with Crippen LogP contribution < -0.4 is 19.1 Å². The highest BCUT2D eigenvalue weighted by atomic mass is 16.6. The lowest BCUT2D eigenvalue weighted by Crippen LogP contribution is -2.42. The second kappa shape index (κ2) is 16.4. The van der Waals surface area contributed by atoms with Crippen molar-refractivity contribution < 1.29 is 28.8 Å². The zero-order valence-electron chi connectivity index (χ0n) is 30.5. The molecule has 1 aliphatic rings. The number of benzene rings is 2. The molecule has 1 amide bonds. The zero-order chi connectivity index (χ0) is 35.8. The number of ether oxygens (including phenoxy) is 4. The van der Waals surface area contributed by atoms with Gasteiger partial charge in [-0.1, -0.05) is 44.5 Å². The highest BCUT2D eigenvalue weighted by Gasteiger charge is 2.33. The van der Waals surface area contributed by atoms with Gasteiger partial charge in [0.1, 0.15) is 29.3 Å². The van der Waals surface area contributed by atoms with Crippen LogP contribution in [0, 0.1) is 5.92 Å². The third-order valence-corrected chi connectivity index (χ3v) is 8.99. The molecule has 2 aromatic heterocycles. The molecule has 1 aliphatic heterocycles. The molecule has 2 atom stereocenters. The van der Waals surface area contributed by atoms with E-state index < -0.39 is 11.7 Å². The summed E-state index contributed by atoms with van der Waals surface area (Å²) in [7, 11) is 3.31. The van der Waals surface area contributed by atoms with Crippen molar-refractivity contribution in [3.8, 4) is 17.5 Å². The molecule has 5 rings (SSSR count). The van der Waals surface area contributed by atoms with Gasteiger partial charge in [0.05, 0.1) is 26.1 Å². The van der Waals surface area contributed by atoms with Gasteiger partial charge in [-0.3, -0.25) is 0 Å². The molecule has 50 heavy (non-hydrogen) atoms. The van der Waals surface area contributed by atoms with Gasteiger partial charge in [0.15, 0.2) is 11.5 Å². The summed E-state index contributed by atoms with van der Waals surface area (Å²) in [5.41, 5.74) is 2.62. The fraction of sp³-hybridized carbons (Fsp3) is 0.526. The number of nitrogens with zero attached hydrogens (tertiary/aromatic N) is 6. The van der Waals surface area contributed by atoms with Crippen LogP contribution in [-0.4, -0.2) is 74.7 Å². The van der Waals surface area contributed by atoms with E-state index in [4.69, 9.17) is 34.0 Å². The van der Waals surface area contributed by atoms with E-state index in [0.29, 0.717) is 56.2 Å². The van der Waals surface area contributed by atoms with Gasteiger partial charge in [0.2, 0.25) is 0 Å². The highest BCUT2D eigenvalue weighted by Crippen LogP contribution is 2.34. The first-order valence-electron chi connectivity index (χ1n) is 17.6. The average molecular weight is 689 g/mol. The number of anilines is 1. The number of carbonyl (C=O) groups is 1. The number of hydrogen-bond acceptors (Lipinski definition) is 10. The van der Waals surface area contributed by atoms with Crippen LogP contribution in [0.2, 0.25) is 0 Å². The number of amides is 1. The summed E-state index contributed by atoms with van der Waals surface area (Å²) in [6.07, 6.45) is 4.30. The lowest BCUT2D eigenvalue weighted by Gasteiger charge is -2.35. The molecule has 0 aliphatic carbocycles. The number of piperidine rings is 1. The Morgan fingerprint density at radius 2 is 1.54 bits per heavy atom. The number of methoxy groups -OCH3 is 2. The van der Waals surface area contributed by atoms with Crippen LogP contribution in [0.5, 0.6) is 17.5 Å². The molecule has 1 N–H and O–H groups in total. The van der Waals surface area contributed by atoms with E-state index in [1.165, 1.54) is 0 Å². The highest BCUT2D eigenvalue weighted by molar-refractivity contribution is 5.68. The van der Waals surface area contributed by atoms with Crippen LogP contribution in [-0.2, 0) is 17.8 Å². The van der Waals surface area contributed by atoms with Crippen LogP contribution in [0.1, 0.15) is 89.6 Å². The molecule has 270 valence electrons. The first-order valence-corrected chi connectivity index (χ1v) is 17.6. The van der Waals surface area contributed by atoms with Gasteiger partial charge in [-0.25, -0.2) is 14.3 Å². The van der Waals surface area contributed by atoms with Crippen molar-refractivity contribution in [2.45, 2.75) is 97.6 Å². The standard InChI is InChI=1S/C38H52N6O6/c1-8-10-29(9-2)49-36-40-35(43(24-26-11-15-30(47-6)16-12-26)25-27-13-17-31(48-7)18-14-27)34-39-23-32(44(34)41-36)33(45)28-19-21-42(22-20-28)37(46)50-38(3,4)5/h11-18,23,28-29,33,45H,8-10,19-22,24-25H2,1-7H3/t29-,33?/m0/s1. The molecule has 1 saturated heterocycles. The average Bonchev–Trinajstić information content (AvgIpc) is 3.54. The van der Waals surface area contributed by atoms with Gasteiger partial charge in [-0.15, -0.1) is 5.10 Å². The summed E-state index contributed by atoms with van der Waals surface area (Å²) in [4.78, 5) is 26.4. The molecular formula is C38H52N6O6. The zero-order valence-corrected chi connectivity index (χ0v) is 30.5. The van der Waals surface area contributed by atoms with E-state index in [1.807, 2.05) is 69.3 Å². The second-order valence-corrected chi connectivity index (χ2v) is 13.9. The molecule has 1 unspecified atom stereocenters. The van der Waals surface area contributed by atoms with Gasteiger partial charge in [0, 0.05) is 26.2 Å². The summed E-state index contributed by atoms with van der Waals surface area (Å²) in [6, 6.07) is 16.2. The maximum atomic E-state index is 12.7. The van der Waals surface area contributed by atoms with Crippen molar-refractivity contribution in [3.63, 3.8) is 0 Å². The molecule has 4 aromatic rings.